The van der Waals surface area contributed by atoms with Gasteiger partial charge in [0.05, 0.1) is 33.4 Å². The van der Waals surface area contributed by atoms with Gasteiger partial charge in [-0.1, -0.05) is 24.3 Å². The Labute approximate surface area is 182 Å². The molecule has 2 saturated heterocycles. The van der Waals surface area contributed by atoms with Crippen molar-refractivity contribution in [2.24, 2.45) is 5.92 Å². The van der Waals surface area contributed by atoms with Gasteiger partial charge in [-0.25, -0.2) is 0 Å². The third kappa shape index (κ3) is 4.37. The Hall–Kier alpha value is -3.06. The number of para-hydroxylation sites is 1. The maximum Gasteiger partial charge on any atom is 0.254 e. The van der Waals surface area contributed by atoms with Crippen LogP contribution < -0.4 is 9.47 Å². The van der Waals surface area contributed by atoms with Crippen LogP contribution in [0.5, 0.6) is 11.5 Å². The number of nitrogens with zero attached hydrogens (tertiary/aromatic N) is 2. The van der Waals surface area contributed by atoms with E-state index in [1.165, 1.54) is 0 Å². The summed E-state index contributed by atoms with van der Waals surface area (Å²) in [6.45, 7) is 3.08. The van der Waals surface area contributed by atoms with Gasteiger partial charge < -0.3 is 24.0 Å². The van der Waals surface area contributed by atoms with E-state index in [1.54, 1.807) is 37.3 Å². The van der Waals surface area contributed by atoms with Gasteiger partial charge in [0.15, 0.2) is 0 Å². The Morgan fingerprint density at radius 1 is 0.935 bits per heavy atom. The molecule has 7 heteroatoms. The summed E-state index contributed by atoms with van der Waals surface area (Å²) in [4.78, 5) is 30.4. The lowest BCUT2D eigenvalue weighted by Gasteiger charge is -2.31. The quantitative estimate of drug-likeness (QED) is 0.738. The maximum absolute atomic E-state index is 13.5. The standard InChI is InChI=1S/C24H28N2O5/c1-29-18-7-5-6-17(14-18)23(27)26-15-20(19-8-3-4-9-22(19)30-2)21(16-26)24(28)25-10-12-31-13-11-25/h3-9,14,20-21H,10-13,15-16H2,1-2H3. The summed E-state index contributed by atoms with van der Waals surface area (Å²) in [7, 11) is 3.21. The second-order valence-electron chi connectivity index (χ2n) is 7.83. The molecule has 4 rings (SSSR count). The van der Waals surface area contributed by atoms with E-state index >= 15 is 0 Å². The lowest BCUT2D eigenvalue weighted by Crippen LogP contribution is -2.45. The van der Waals surface area contributed by atoms with E-state index < -0.39 is 0 Å². The Balaban J connectivity index is 1.64. The van der Waals surface area contributed by atoms with Gasteiger partial charge in [0.25, 0.3) is 5.91 Å². The van der Waals surface area contributed by atoms with Crippen molar-refractivity contribution in [3.05, 3.63) is 59.7 Å². The number of amides is 2. The number of hydrogen-bond donors (Lipinski definition) is 0. The monoisotopic (exact) mass is 424 g/mol. The minimum absolute atomic E-state index is 0.0696. The second kappa shape index (κ2) is 9.39. The molecule has 2 aromatic rings. The average molecular weight is 424 g/mol. The molecular formula is C24H28N2O5. The lowest BCUT2D eigenvalue weighted by molar-refractivity contribution is -0.139. The second-order valence-corrected chi connectivity index (χ2v) is 7.83. The fraction of sp³-hybridized carbons (Fsp3) is 0.417. The Bertz CT molecular complexity index is 941. The minimum Gasteiger partial charge on any atom is -0.497 e. The van der Waals surface area contributed by atoms with Crippen LogP contribution in [-0.2, 0) is 9.53 Å². The molecule has 0 aliphatic carbocycles. The van der Waals surface area contributed by atoms with Crippen LogP contribution in [0.3, 0.4) is 0 Å². The first-order valence-corrected chi connectivity index (χ1v) is 10.5. The third-order valence-corrected chi connectivity index (χ3v) is 6.10. The molecule has 2 aliphatic rings. The molecule has 2 unspecified atom stereocenters. The van der Waals surface area contributed by atoms with E-state index in [0.29, 0.717) is 50.7 Å². The first kappa shape index (κ1) is 21.2. The van der Waals surface area contributed by atoms with Crippen molar-refractivity contribution in [1.29, 1.82) is 0 Å². The number of hydrogen-bond acceptors (Lipinski definition) is 5. The minimum atomic E-state index is -0.330. The van der Waals surface area contributed by atoms with Gasteiger partial charge in [-0.15, -0.1) is 0 Å². The molecule has 2 aliphatic heterocycles. The average Bonchev–Trinajstić information content (AvgIpc) is 3.28. The fourth-order valence-corrected chi connectivity index (χ4v) is 4.46. The summed E-state index contributed by atoms with van der Waals surface area (Å²) < 4.78 is 16.3. The molecule has 0 saturated carbocycles. The van der Waals surface area contributed by atoms with Crippen LogP contribution in [0.25, 0.3) is 0 Å². The van der Waals surface area contributed by atoms with Gasteiger partial charge in [-0.2, -0.15) is 0 Å². The molecule has 2 heterocycles. The number of morpholine rings is 1. The van der Waals surface area contributed by atoms with E-state index in [4.69, 9.17) is 14.2 Å². The summed E-state index contributed by atoms with van der Waals surface area (Å²) in [5.41, 5.74) is 1.51. The highest BCUT2D eigenvalue weighted by Gasteiger charge is 2.43. The summed E-state index contributed by atoms with van der Waals surface area (Å²) in [6.07, 6.45) is 0. The molecule has 0 radical (unpaired) electrons. The zero-order valence-corrected chi connectivity index (χ0v) is 18.0. The highest BCUT2D eigenvalue weighted by molar-refractivity contribution is 5.95. The van der Waals surface area contributed by atoms with Crippen molar-refractivity contribution in [2.45, 2.75) is 5.92 Å². The molecule has 2 atom stereocenters. The van der Waals surface area contributed by atoms with Gasteiger partial charge in [0.1, 0.15) is 11.5 Å². The molecule has 31 heavy (non-hydrogen) atoms. The molecule has 2 amide bonds. The Kier molecular flexibility index (Phi) is 6.42. The van der Waals surface area contributed by atoms with Crippen LogP contribution in [0, 0.1) is 5.92 Å². The number of benzene rings is 2. The molecule has 164 valence electrons. The summed E-state index contributed by atoms with van der Waals surface area (Å²) in [5, 5.41) is 0. The molecule has 0 spiro atoms. The summed E-state index contributed by atoms with van der Waals surface area (Å²) in [6, 6.07) is 14.9. The van der Waals surface area contributed by atoms with Gasteiger partial charge in [-0.3, -0.25) is 9.59 Å². The van der Waals surface area contributed by atoms with Crippen LogP contribution in [0.4, 0.5) is 0 Å². The number of carbonyl (C=O) groups is 2. The van der Waals surface area contributed by atoms with Gasteiger partial charge in [-0.05, 0) is 29.8 Å². The predicted molar refractivity (Wildman–Crippen MR) is 116 cm³/mol. The van der Waals surface area contributed by atoms with Gasteiger partial charge >= 0.3 is 0 Å². The molecule has 0 aromatic heterocycles. The van der Waals surface area contributed by atoms with Crippen molar-refractivity contribution in [2.75, 3.05) is 53.6 Å². The molecule has 0 bridgehead atoms. The molecule has 2 aromatic carbocycles. The molecule has 2 fully saturated rings. The first-order chi connectivity index (χ1) is 15.1. The van der Waals surface area contributed by atoms with E-state index in [9.17, 15) is 9.59 Å². The zero-order chi connectivity index (χ0) is 21.8. The summed E-state index contributed by atoms with van der Waals surface area (Å²) >= 11 is 0. The number of carbonyl (C=O) groups excluding carboxylic acids is 2. The number of rotatable bonds is 5. The third-order valence-electron chi connectivity index (χ3n) is 6.10. The number of methoxy groups -OCH3 is 2. The smallest absolute Gasteiger partial charge is 0.254 e. The molecule has 7 nitrogen and oxygen atoms in total. The van der Waals surface area contributed by atoms with Crippen molar-refractivity contribution in [3.63, 3.8) is 0 Å². The topological polar surface area (TPSA) is 68.3 Å². The van der Waals surface area contributed by atoms with Crippen LogP contribution in [-0.4, -0.2) is 75.2 Å². The van der Waals surface area contributed by atoms with Crippen LogP contribution >= 0.6 is 0 Å². The molecular weight excluding hydrogens is 396 g/mol. The van der Waals surface area contributed by atoms with E-state index in [-0.39, 0.29) is 23.7 Å². The van der Waals surface area contributed by atoms with E-state index in [2.05, 4.69) is 0 Å². The normalized spacial score (nSPS) is 21.1. The van der Waals surface area contributed by atoms with Crippen LogP contribution in [0.15, 0.2) is 48.5 Å². The Morgan fingerprint density at radius 2 is 1.71 bits per heavy atom. The fourth-order valence-electron chi connectivity index (χ4n) is 4.46. The maximum atomic E-state index is 13.5. The Morgan fingerprint density at radius 3 is 2.45 bits per heavy atom. The van der Waals surface area contributed by atoms with Crippen LogP contribution in [0.2, 0.25) is 0 Å². The summed E-state index contributed by atoms with van der Waals surface area (Å²) in [5.74, 6) is 0.872. The van der Waals surface area contributed by atoms with E-state index in [0.717, 1.165) is 11.3 Å². The number of ether oxygens (including phenoxy) is 3. The molecule has 0 N–H and O–H groups in total. The van der Waals surface area contributed by atoms with Gasteiger partial charge in [0, 0.05) is 37.7 Å². The van der Waals surface area contributed by atoms with Crippen molar-refractivity contribution in [3.8, 4) is 11.5 Å². The highest BCUT2D eigenvalue weighted by atomic mass is 16.5. The van der Waals surface area contributed by atoms with E-state index in [1.807, 2.05) is 35.2 Å². The SMILES string of the molecule is COc1cccc(C(=O)N2CC(C(=O)N3CCOCC3)C(c3ccccc3OC)C2)c1. The highest BCUT2D eigenvalue weighted by Crippen LogP contribution is 2.39. The largest absolute Gasteiger partial charge is 0.497 e. The van der Waals surface area contributed by atoms with Crippen molar-refractivity contribution < 1.29 is 23.8 Å². The van der Waals surface area contributed by atoms with Crippen molar-refractivity contribution >= 4 is 11.8 Å². The zero-order valence-electron chi connectivity index (χ0n) is 18.0. The first-order valence-electron chi connectivity index (χ1n) is 10.5. The number of likely N-dealkylation sites (tertiary alicyclic amines) is 1. The lowest BCUT2D eigenvalue weighted by atomic mass is 9.87. The van der Waals surface area contributed by atoms with Gasteiger partial charge in [0.2, 0.25) is 5.91 Å². The predicted octanol–water partition coefficient (Wildman–Crippen LogP) is 2.42. The van der Waals surface area contributed by atoms with Crippen LogP contribution in [0.1, 0.15) is 21.8 Å². The van der Waals surface area contributed by atoms with Crippen molar-refractivity contribution in [1.82, 2.24) is 9.80 Å².